The van der Waals surface area contributed by atoms with Crippen LogP contribution < -0.4 is 10.6 Å². The maximum atomic E-state index is 9.78. The van der Waals surface area contributed by atoms with E-state index in [1.807, 2.05) is 39.8 Å². The third kappa shape index (κ3) is 7.31. The first-order chi connectivity index (χ1) is 10.1. The van der Waals surface area contributed by atoms with Crippen molar-refractivity contribution in [2.24, 2.45) is 4.99 Å². The van der Waals surface area contributed by atoms with Crippen molar-refractivity contribution >= 4 is 29.9 Å². The van der Waals surface area contributed by atoms with Crippen LogP contribution in [0.15, 0.2) is 17.1 Å². The predicted octanol–water partition coefficient (Wildman–Crippen LogP) is 2.72. The number of hydrogen-bond acceptors (Lipinski definition) is 3. The lowest BCUT2D eigenvalue weighted by Crippen LogP contribution is -2.39. The summed E-state index contributed by atoms with van der Waals surface area (Å²) >= 11 is 0. The van der Waals surface area contributed by atoms with Gasteiger partial charge in [0.15, 0.2) is 5.96 Å². The zero-order valence-corrected chi connectivity index (χ0v) is 16.2. The van der Waals surface area contributed by atoms with Crippen LogP contribution in [0.2, 0.25) is 0 Å². The zero-order valence-electron chi connectivity index (χ0n) is 13.9. The second-order valence-corrected chi connectivity index (χ2v) is 4.90. The molecule has 22 heavy (non-hydrogen) atoms. The molecular formula is C16H28IN3O2. The van der Waals surface area contributed by atoms with Crippen LogP contribution in [0, 0.1) is 13.8 Å². The van der Waals surface area contributed by atoms with Gasteiger partial charge in [-0.15, -0.1) is 24.0 Å². The highest BCUT2D eigenvalue weighted by molar-refractivity contribution is 14.0. The van der Waals surface area contributed by atoms with Gasteiger partial charge in [0.25, 0.3) is 0 Å². The van der Waals surface area contributed by atoms with E-state index in [-0.39, 0.29) is 24.0 Å². The lowest BCUT2D eigenvalue weighted by Gasteiger charge is -2.12. The smallest absolute Gasteiger partial charge is 0.191 e. The first kappa shape index (κ1) is 21.0. The molecule has 1 aromatic rings. The van der Waals surface area contributed by atoms with Crippen LogP contribution in [0.3, 0.4) is 0 Å². The number of phenolic OH excluding ortho intramolecular Hbond substituents is 1. The highest BCUT2D eigenvalue weighted by Crippen LogP contribution is 2.23. The molecule has 5 nitrogen and oxygen atoms in total. The molecule has 0 aliphatic rings. The Bertz CT molecular complexity index is 455. The van der Waals surface area contributed by atoms with Crippen LogP contribution in [0.4, 0.5) is 0 Å². The molecule has 0 aromatic heterocycles. The van der Waals surface area contributed by atoms with E-state index < -0.39 is 0 Å². The van der Waals surface area contributed by atoms with Gasteiger partial charge in [0.2, 0.25) is 0 Å². The summed E-state index contributed by atoms with van der Waals surface area (Å²) in [4.78, 5) is 4.55. The van der Waals surface area contributed by atoms with E-state index in [2.05, 4.69) is 15.6 Å². The number of ether oxygens (including phenoxy) is 1. The summed E-state index contributed by atoms with van der Waals surface area (Å²) in [6, 6.07) is 3.94. The molecule has 0 spiro atoms. The van der Waals surface area contributed by atoms with Crippen molar-refractivity contribution in [3.63, 3.8) is 0 Å². The topological polar surface area (TPSA) is 65.9 Å². The Kier molecular flexibility index (Phi) is 11.0. The largest absolute Gasteiger partial charge is 0.507 e. The van der Waals surface area contributed by atoms with Gasteiger partial charge in [-0.3, -0.25) is 0 Å². The SMILES string of the molecule is CCNC(=NCc1cc(C)c(O)c(C)c1)NCCOCC.I. The van der Waals surface area contributed by atoms with Gasteiger partial charge in [0.05, 0.1) is 13.2 Å². The zero-order chi connectivity index (χ0) is 15.7. The summed E-state index contributed by atoms with van der Waals surface area (Å²) in [7, 11) is 0. The Labute approximate surface area is 150 Å². The lowest BCUT2D eigenvalue weighted by atomic mass is 10.1. The summed E-state index contributed by atoms with van der Waals surface area (Å²) < 4.78 is 5.30. The van der Waals surface area contributed by atoms with Crippen LogP contribution in [-0.2, 0) is 11.3 Å². The highest BCUT2D eigenvalue weighted by atomic mass is 127. The number of nitrogens with one attached hydrogen (secondary N) is 2. The normalized spacial score (nSPS) is 11.0. The van der Waals surface area contributed by atoms with Gasteiger partial charge in [-0.05, 0) is 44.4 Å². The number of rotatable bonds is 7. The van der Waals surface area contributed by atoms with Crippen molar-refractivity contribution in [3.8, 4) is 5.75 Å². The third-order valence-corrected chi connectivity index (χ3v) is 3.06. The molecule has 0 aliphatic carbocycles. The lowest BCUT2D eigenvalue weighted by molar-refractivity contribution is 0.152. The monoisotopic (exact) mass is 421 g/mol. The van der Waals surface area contributed by atoms with Crippen LogP contribution >= 0.6 is 24.0 Å². The van der Waals surface area contributed by atoms with Gasteiger partial charge in [-0.2, -0.15) is 0 Å². The molecule has 0 saturated carbocycles. The molecule has 6 heteroatoms. The molecule has 0 radical (unpaired) electrons. The fourth-order valence-corrected chi connectivity index (χ4v) is 2.03. The first-order valence-corrected chi connectivity index (χ1v) is 7.47. The molecule has 0 saturated heterocycles. The Morgan fingerprint density at radius 1 is 1.18 bits per heavy atom. The van der Waals surface area contributed by atoms with Gasteiger partial charge in [0.1, 0.15) is 5.75 Å². The van der Waals surface area contributed by atoms with Crippen LogP contribution in [-0.4, -0.2) is 37.4 Å². The number of aryl methyl sites for hydroxylation is 2. The Hall–Kier alpha value is -1.02. The molecule has 3 N–H and O–H groups in total. The van der Waals surface area contributed by atoms with E-state index in [0.717, 1.165) is 42.3 Å². The summed E-state index contributed by atoms with van der Waals surface area (Å²) in [5.74, 6) is 1.14. The second-order valence-electron chi connectivity index (χ2n) is 4.90. The highest BCUT2D eigenvalue weighted by Gasteiger charge is 2.03. The number of phenols is 1. The third-order valence-electron chi connectivity index (χ3n) is 3.06. The quantitative estimate of drug-likeness (QED) is 0.274. The summed E-state index contributed by atoms with van der Waals surface area (Å²) in [6.45, 7) is 11.3. The van der Waals surface area contributed by atoms with Gasteiger partial charge in [-0.25, -0.2) is 4.99 Å². The molecule has 0 atom stereocenters. The van der Waals surface area contributed by atoms with E-state index in [1.165, 1.54) is 0 Å². The van der Waals surface area contributed by atoms with E-state index in [0.29, 0.717) is 18.9 Å². The Morgan fingerprint density at radius 2 is 1.82 bits per heavy atom. The summed E-state index contributed by atoms with van der Waals surface area (Å²) in [5.41, 5.74) is 2.86. The average molecular weight is 421 g/mol. The predicted molar refractivity (Wildman–Crippen MR) is 102 cm³/mol. The number of benzene rings is 1. The molecule has 0 fully saturated rings. The van der Waals surface area contributed by atoms with Crippen molar-refractivity contribution in [2.75, 3.05) is 26.3 Å². The molecule has 1 rings (SSSR count). The molecule has 0 amide bonds. The van der Waals surface area contributed by atoms with E-state index >= 15 is 0 Å². The van der Waals surface area contributed by atoms with E-state index in [9.17, 15) is 5.11 Å². The van der Waals surface area contributed by atoms with Gasteiger partial charge < -0.3 is 20.5 Å². The summed E-state index contributed by atoms with van der Waals surface area (Å²) in [5, 5.41) is 16.2. The van der Waals surface area contributed by atoms with Crippen molar-refractivity contribution in [1.29, 1.82) is 0 Å². The van der Waals surface area contributed by atoms with E-state index in [1.54, 1.807) is 0 Å². The summed E-state index contributed by atoms with van der Waals surface area (Å²) in [6.07, 6.45) is 0. The molecule has 0 heterocycles. The number of nitrogens with zero attached hydrogens (tertiary/aromatic N) is 1. The molecule has 0 bridgehead atoms. The average Bonchev–Trinajstić information content (AvgIpc) is 2.46. The van der Waals surface area contributed by atoms with Gasteiger partial charge in [-0.1, -0.05) is 12.1 Å². The molecule has 126 valence electrons. The van der Waals surface area contributed by atoms with Crippen LogP contribution in [0.5, 0.6) is 5.75 Å². The standard InChI is InChI=1S/C16H27N3O2.HI/c1-5-17-16(18-7-8-21-6-2)19-11-14-9-12(3)15(20)13(4)10-14;/h9-10,20H,5-8,11H2,1-4H3,(H2,17,18,19);1H. The van der Waals surface area contributed by atoms with Gasteiger partial charge >= 0.3 is 0 Å². The minimum atomic E-state index is 0. The number of aromatic hydroxyl groups is 1. The number of aliphatic imine (C=N–C) groups is 1. The minimum Gasteiger partial charge on any atom is -0.507 e. The maximum absolute atomic E-state index is 9.78. The maximum Gasteiger partial charge on any atom is 0.191 e. The van der Waals surface area contributed by atoms with Crippen LogP contribution in [0.25, 0.3) is 0 Å². The van der Waals surface area contributed by atoms with Crippen molar-refractivity contribution in [2.45, 2.75) is 34.2 Å². The fraction of sp³-hybridized carbons (Fsp3) is 0.562. The fourth-order valence-electron chi connectivity index (χ4n) is 2.03. The first-order valence-electron chi connectivity index (χ1n) is 7.47. The number of halogens is 1. The molecule has 0 aliphatic heterocycles. The van der Waals surface area contributed by atoms with Crippen molar-refractivity contribution in [1.82, 2.24) is 10.6 Å². The number of guanidine groups is 1. The molecular weight excluding hydrogens is 393 g/mol. The van der Waals surface area contributed by atoms with Crippen LogP contribution in [0.1, 0.15) is 30.5 Å². The Balaban J connectivity index is 0.00000441. The molecule has 1 aromatic carbocycles. The van der Waals surface area contributed by atoms with Crippen molar-refractivity contribution in [3.05, 3.63) is 28.8 Å². The second kappa shape index (κ2) is 11.5. The van der Waals surface area contributed by atoms with E-state index in [4.69, 9.17) is 4.74 Å². The minimum absolute atomic E-state index is 0. The van der Waals surface area contributed by atoms with Crippen molar-refractivity contribution < 1.29 is 9.84 Å². The molecule has 0 unspecified atom stereocenters. The van der Waals surface area contributed by atoms with Gasteiger partial charge in [0, 0.05) is 19.7 Å². The number of hydrogen-bond donors (Lipinski definition) is 3. The Morgan fingerprint density at radius 3 is 2.36 bits per heavy atom.